The smallest absolute Gasteiger partial charge is 0.0967 e. The fraction of sp³-hybridized carbons (Fsp3) is 0.778. The van der Waals surface area contributed by atoms with Gasteiger partial charge >= 0.3 is 0 Å². The summed E-state index contributed by atoms with van der Waals surface area (Å²) >= 11 is 6.77. The van der Waals surface area contributed by atoms with Gasteiger partial charge in [0.05, 0.1) is 10.6 Å². The van der Waals surface area contributed by atoms with Gasteiger partial charge in [-0.1, -0.05) is 19.9 Å². The fourth-order valence-corrected chi connectivity index (χ4v) is 6.91. The van der Waals surface area contributed by atoms with Crippen LogP contribution < -0.4 is 0 Å². The van der Waals surface area contributed by atoms with Gasteiger partial charge in [-0.05, 0) is 50.1 Å². The van der Waals surface area contributed by atoms with E-state index in [1.807, 2.05) is 0 Å². The van der Waals surface area contributed by atoms with Gasteiger partial charge in [0.25, 0.3) is 0 Å². The number of rotatable bonds is 3. The molecule has 122 valence electrons. The lowest BCUT2D eigenvalue weighted by Crippen LogP contribution is -2.55. The molecule has 1 saturated carbocycles. The van der Waals surface area contributed by atoms with Crippen LogP contribution in [0.15, 0.2) is 23.5 Å². The molecule has 0 N–H and O–H groups in total. The molecule has 0 amide bonds. The van der Waals surface area contributed by atoms with E-state index in [2.05, 4.69) is 35.1 Å². The molecule has 2 nitrogen and oxygen atoms in total. The zero-order chi connectivity index (χ0) is 15.3. The van der Waals surface area contributed by atoms with E-state index in [0.717, 1.165) is 18.4 Å². The number of likely N-dealkylation sites (tertiary alicyclic amines) is 1. The molecule has 3 fully saturated rings. The largest absolute Gasteiger partial charge is 0.334 e. The van der Waals surface area contributed by atoms with Crippen LogP contribution in [0.4, 0.5) is 0 Å². The van der Waals surface area contributed by atoms with Gasteiger partial charge < -0.3 is 4.90 Å². The number of fused-ring (bicyclic) bond motifs is 2. The number of hydrogen-bond acceptors (Lipinski definition) is 4. The predicted molar refractivity (Wildman–Crippen MR) is 99.3 cm³/mol. The van der Waals surface area contributed by atoms with Crippen LogP contribution >= 0.6 is 24.4 Å². The van der Waals surface area contributed by atoms with E-state index in [0.29, 0.717) is 10.6 Å². The van der Waals surface area contributed by atoms with Crippen molar-refractivity contribution in [2.24, 2.45) is 5.92 Å². The molecule has 0 aromatic carbocycles. The molecule has 0 bridgehead atoms. The Morgan fingerprint density at radius 1 is 1.27 bits per heavy atom. The minimum Gasteiger partial charge on any atom is -0.334 e. The van der Waals surface area contributed by atoms with Crippen molar-refractivity contribution in [2.75, 3.05) is 18.8 Å². The van der Waals surface area contributed by atoms with Crippen molar-refractivity contribution in [3.63, 3.8) is 0 Å². The third kappa shape index (κ3) is 2.37. The Morgan fingerprint density at radius 3 is 2.91 bits per heavy atom. The standard InChI is InChI=1S/C18H28N2S2/c1-3-15-14(11-22-18-17(21)12(2)20(15)18)10-19-9-5-7-13-6-4-8-16(13)19/h13,16-18,21H,2-11H2,1H3. The van der Waals surface area contributed by atoms with Crippen LogP contribution in [0, 0.1) is 5.92 Å². The maximum absolute atomic E-state index is 4.70. The molecule has 4 aliphatic rings. The van der Waals surface area contributed by atoms with Crippen molar-refractivity contribution in [2.45, 2.75) is 62.1 Å². The Kier molecular flexibility index (Phi) is 4.29. The van der Waals surface area contributed by atoms with Crippen molar-refractivity contribution in [1.82, 2.24) is 9.80 Å². The van der Waals surface area contributed by atoms with Crippen LogP contribution in [0.25, 0.3) is 0 Å². The Bertz CT molecular complexity index is 501. The summed E-state index contributed by atoms with van der Waals surface area (Å²) in [5.41, 5.74) is 4.43. The van der Waals surface area contributed by atoms with E-state index in [-0.39, 0.29) is 0 Å². The van der Waals surface area contributed by atoms with Gasteiger partial charge in [-0.15, -0.1) is 11.8 Å². The average molecular weight is 337 g/mol. The molecule has 4 rings (SSSR count). The zero-order valence-corrected chi connectivity index (χ0v) is 15.3. The average Bonchev–Trinajstić information content (AvgIpc) is 3.03. The van der Waals surface area contributed by atoms with Gasteiger partial charge in [-0.3, -0.25) is 4.90 Å². The van der Waals surface area contributed by atoms with Crippen molar-refractivity contribution in [1.29, 1.82) is 0 Å². The highest BCUT2D eigenvalue weighted by Crippen LogP contribution is 2.48. The van der Waals surface area contributed by atoms with Crippen LogP contribution in [-0.4, -0.2) is 45.3 Å². The number of piperidine rings is 1. The Labute approximate surface area is 144 Å². The first-order chi connectivity index (χ1) is 10.7. The topological polar surface area (TPSA) is 6.48 Å². The molecule has 3 aliphatic heterocycles. The van der Waals surface area contributed by atoms with Crippen LogP contribution in [0.1, 0.15) is 45.4 Å². The lowest BCUT2D eigenvalue weighted by atomic mass is 9.91. The predicted octanol–water partition coefficient (Wildman–Crippen LogP) is 4.12. The van der Waals surface area contributed by atoms with Crippen LogP contribution in [0.3, 0.4) is 0 Å². The minimum absolute atomic E-state index is 0.363. The highest BCUT2D eigenvalue weighted by molar-refractivity contribution is 8.01. The summed E-state index contributed by atoms with van der Waals surface area (Å²) in [5, 5.41) is 0.900. The van der Waals surface area contributed by atoms with Gasteiger partial charge in [0.1, 0.15) is 0 Å². The van der Waals surface area contributed by atoms with Crippen LogP contribution in [-0.2, 0) is 0 Å². The van der Waals surface area contributed by atoms with E-state index in [1.54, 1.807) is 11.3 Å². The molecule has 22 heavy (non-hydrogen) atoms. The first-order valence-electron chi connectivity index (χ1n) is 8.93. The van der Waals surface area contributed by atoms with E-state index >= 15 is 0 Å². The second-order valence-corrected chi connectivity index (χ2v) is 8.94. The monoisotopic (exact) mass is 336 g/mol. The molecule has 4 heteroatoms. The molecule has 2 saturated heterocycles. The van der Waals surface area contributed by atoms with E-state index in [4.69, 9.17) is 12.6 Å². The van der Waals surface area contributed by atoms with Crippen LogP contribution in [0.5, 0.6) is 0 Å². The summed E-state index contributed by atoms with van der Waals surface area (Å²) in [5.74, 6) is 2.19. The molecular formula is C18H28N2S2. The van der Waals surface area contributed by atoms with Crippen molar-refractivity contribution >= 4 is 24.4 Å². The Hall–Kier alpha value is -0.0600. The van der Waals surface area contributed by atoms with Crippen molar-refractivity contribution in [3.8, 4) is 0 Å². The van der Waals surface area contributed by atoms with Gasteiger partial charge in [0.2, 0.25) is 0 Å². The Balaban J connectivity index is 1.53. The molecular weight excluding hydrogens is 308 g/mol. The summed E-state index contributed by atoms with van der Waals surface area (Å²) in [6.07, 6.45) is 8.37. The quantitative estimate of drug-likeness (QED) is 0.775. The normalized spacial score (nSPS) is 38.8. The molecule has 4 atom stereocenters. The number of nitrogens with zero attached hydrogens (tertiary/aromatic N) is 2. The maximum atomic E-state index is 4.70. The number of thioether (sulfide) groups is 1. The first kappa shape index (κ1) is 15.5. The summed E-state index contributed by atoms with van der Waals surface area (Å²) < 4.78 is 0. The van der Waals surface area contributed by atoms with E-state index in [1.165, 1.54) is 56.6 Å². The summed E-state index contributed by atoms with van der Waals surface area (Å²) in [4.78, 5) is 5.30. The second-order valence-electron chi connectivity index (χ2n) is 7.28. The lowest BCUT2D eigenvalue weighted by molar-refractivity contribution is 0.122. The van der Waals surface area contributed by atoms with E-state index < -0.39 is 0 Å². The maximum Gasteiger partial charge on any atom is 0.0967 e. The second kappa shape index (κ2) is 6.10. The summed E-state index contributed by atoms with van der Waals surface area (Å²) in [7, 11) is 0. The number of hydrogen-bond donors (Lipinski definition) is 1. The highest BCUT2D eigenvalue weighted by atomic mass is 32.2. The van der Waals surface area contributed by atoms with E-state index in [9.17, 15) is 0 Å². The van der Waals surface area contributed by atoms with Crippen molar-refractivity contribution in [3.05, 3.63) is 23.5 Å². The Morgan fingerprint density at radius 2 is 2.09 bits per heavy atom. The fourth-order valence-electron chi connectivity index (χ4n) is 5.02. The lowest BCUT2D eigenvalue weighted by Gasteiger charge is -2.53. The van der Waals surface area contributed by atoms with Crippen molar-refractivity contribution < 1.29 is 0 Å². The third-order valence-electron chi connectivity index (χ3n) is 6.14. The zero-order valence-electron chi connectivity index (χ0n) is 13.6. The van der Waals surface area contributed by atoms with Gasteiger partial charge in [-0.2, -0.15) is 12.6 Å². The first-order valence-corrected chi connectivity index (χ1v) is 10.5. The summed E-state index contributed by atoms with van der Waals surface area (Å²) in [6.45, 7) is 9.06. The number of thiol groups is 1. The molecule has 4 unspecified atom stereocenters. The van der Waals surface area contributed by atoms with Gasteiger partial charge in [0.15, 0.2) is 0 Å². The molecule has 3 heterocycles. The molecule has 1 aliphatic carbocycles. The van der Waals surface area contributed by atoms with Crippen LogP contribution in [0.2, 0.25) is 0 Å². The van der Waals surface area contributed by atoms with Gasteiger partial charge in [0, 0.05) is 29.7 Å². The van der Waals surface area contributed by atoms with Gasteiger partial charge in [-0.25, -0.2) is 0 Å². The molecule has 0 spiro atoms. The molecule has 0 aromatic heterocycles. The molecule has 0 aromatic rings. The number of allylic oxidation sites excluding steroid dienone is 1. The molecule has 0 radical (unpaired) electrons. The third-order valence-corrected chi connectivity index (χ3v) is 8.26. The minimum atomic E-state index is 0.363. The highest BCUT2D eigenvalue weighted by Gasteiger charge is 2.45. The summed E-state index contributed by atoms with van der Waals surface area (Å²) in [6, 6.07) is 0.874. The SMILES string of the molecule is C=C1C(S)C2SCC(CN3CCCC4CCCC43)=C(CC)N12.